The highest BCUT2D eigenvalue weighted by Gasteiger charge is 2.31. The minimum absolute atomic E-state index is 0.108. The molecule has 0 radical (unpaired) electrons. The van der Waals surface area contributed by atoms with Crippen molar-refractivity contribution >= 4 is 11.6 Å². The van der Waals surface area contributed by atoms with Crippen LogP contribution in [0.1, 0.15) is 18.1 Å². The monoisotopic (exact) mass is 299 g/mol. The lowest BCUT2D eigenvalue weighted by atomic mass is 10.0. The van der Waals surface area contributed by atoms with Crippen LogP contribution in [0.15, 0.2) is 18.2 Å². The Morgan fingerprint density at radius 1 is 1.32 bits per heavy atom. The summed E-state index contributed by atoms with van der Waals surface area (Å²) in [5.41, 5.74) is 5.34. The van der Waals surface area contributed by atoms with Crippen LogP contribution in [-0.4, -0.2) is 29.2 Å². The maximum Gasteiger partial charge on any atom is 0.573 e. The first-order valence-corrected chi connectivity index (χ1v) is 5.74. The van der Waals surface area contributed by atoms with Crippen molar-refractivity contribution in [1.29, 1.82) is 0 Å². The Morgan fingerprint density at radius 2 is 1.95 bits per heavy atom. The quantitative estimate of drug-likeness (QED) is 0.777. The molecule has 2 unspecified atom stereocenters. The second-order valence-electron chi connectivity index (χ2n) is 3.82. The Kier molecular flexibility index (Phi) is 5.42. The standard InChI is InChI=1S/C11H13ClF3NO3/c12-8-5-6(19-11(13,14)15)1-2-7(8)10(18)9(17)3-4-16/h1-2,5,9-10,17-18H,3-4,16H2. The number of benzene rings is 1. The first kappa shape index (κ1) is 16.0. The number of rotatable bonds is 5. The molecule has 1 aromatic carbocycles. The third kappa shape index (κ3) is 4.87. The van der Waals surface area contributed by atoms with Crippen LogP contribution in [0.5, 0.6) is 5.75 Å². The van der Waals surface area contributed by atoms with E-state index in [4.69, 9.17) is 17.3 Å². The first-order chi connectivity index (χ1) is 8.74. The van der Waals surface area contributed by atoms with Crippen LogP contribution in [0, 0.1) is 0 Å². The fourth-order valence-electron chi connectivity index (χ4n) is 1.48. The molecule has 0 aliphatic carbocycles. The van der Waals surface area contributed by atoms with E-state index < -0.39 is 24.3 Å². The topological polar surface area (TPSA) is 75.7 Å². The normalized spacial score (nSPS) is 15.1. The van der Waals surface area contributed by atoms with Crippen molar-refractivity contribution in [1.82, 2.24) is 0 Å². The predicted molar refractivity (Wildman–Crippen MR) is 62.8 cm³/mol. The highest BCUT2D eigenvalue weighted by Crippen LogP contribution is 2.32. The zero-order valence-electron chi connectivity index (χ0n) is 9.69. The number of alkyl halides is 3. The van der Waals surface area contributed by atoms with Crippen LogP contribution in [0.3, 0.4) is 0 Å². The smallest absolute Gasteiger partial charge is 0.406 e. The van der Waals surface area contributed by atoms with E-state index in [2.05, 4.69) is 4.74 Å². The van der Waals surface area contributed by atoms with Gasteiger partial charge in [0.25, 0.3) is 0 Å². The van der Waals surface area contributed by atoms with Crippen molar-refractivity contribution in [2.24, 2.45) is 5.73 Å². The molecule has 2 atom stereocenters. The summed E-state index contributed by atoms with van der Waals surface area (Å²) < 4.78 is 39.7. The summed E-state index contributed by atoms with van der Waals surface area (Å²) in [6, 6.07) is 3.09. The number of hydrogen-bond acceptors (Lipinski definition) is 4. The zero-order valence-corrected chi connectivity index (χ0v) is 10.4. The minimum Gasteiger partial charge on any atom is -0.406 e. The zero-order chi connectivity index (χ0) is 14.6. The van der Waals surface area contributed by atoms with Gasteiger partial charge in [0.15, 0.2) is 0 Å². The summed E-state index contributed by atoms with van der Waals surface area (Å²) in [5, 5.41) is 19.2. The van der Waals surface area contributed by atoms with Gasteiger partial charge in [-0.15, -0.1) is 13.2 Å². The Labute approximate surface area is 112 Å². The second kappa shape index (κ2) is 6.42. The van der Waals surface area contributed by atoms with Gasteiger partial charge in [-0.1, -0.05) is 17.7 Å². The third-order valence-corrected chi connectivity index (χ3v) is 2.68. The first-order valence-electron chi connectivity index (χ1n) is 5.36. The molecule has 1 aromatic rings. The summed E-state index contributed by atoms with van der Waals surface area (Å²) in [6.07, 6.45) is -7.14. The summed E-state index contributed by atoms with van der Waals surface area (Å²) in [7, 11) is 0. The van der Waals surface area contributed by atoms with Crippen molar-refractivity contribution in [2.45, 2.75) is 25.0 Å². The number of nitrogens with two attached hydrogens (primary N) is 1. The van der Waals surface area contributed by atoms with E-state index >= 15 is 0 Å². The molecule has 0 amide bonds. The fraction of sp³-hybridized carbons (Fsp3) is 0.455. The van der Waals surface area contributed by atoms with Gasteiger partial charge in [-0.05, 0) is 25.1 Å². The highest BCUT2D eigenvalue weighted by atomic mass is 35.5. The second-order valence-corrected chi connectivity index (χ2v) is 4.23. The minimum atomic E-state index is -4.82. The Balaban J connectivity index is 2.88. The summed E-state index contributed by atoms with van der Waals surface area (Å²) in [6.45, 7) is 0.158. The molecule has 4 nitrogen and oxygen atoms in total. The maximum atomic E-state index is 12.0. The molecule has 1 rings (SSSR count). The lowest BCUT2D eigenvalue weighted by molar-refractivity contribution is -0.274. The lowest BCUT2D eigenvalue weighted by Gasteiger charge is -2.19. The van der Waals surface area contributed by atoms with Crippen molar-refractivity contribution in [3.8, 4) is 5.75 Å². The van der Waals surface area contributed by atoms with Gasteiger partial charge in [0.1, 0.15) is 11.9 Å². The van der Waals surface area contributed by atoms with Gasteiger partial charge in [-0.3, -0.25) is 0 Å². The number of ether oxygens (including phenoxy) is 1. The molecular weight excluding hydrogens is 287 g/mol. The third-order valence-electron chi connectivity index (χ3n) is 2.35. The van der Waals surface area contributed by atoms with Crippen LogP contribution in [0.25, 0.3) is 0 Å². The summed E-state index contributed by atoms with van der Waals surface area (Å²) in [5.74, 6) is -0.498. The molecular formula is C11H13ClF3NO3. The predicted octanol–water partition coefficient (Wildman–Crippen LogP) is 1.98. The van der Waals surface area contributed by atoms with Crippen LogP contribution in [-0.2, 0) is 0 Å². The largest absolute Gasteiger partial charge is 0.573 e. The molecule has 108 valence electrons. The van der Waals surface area contributed by atoms with Crippen molar-refractivity contribution in [3.05, 3.63) is 28.8 Å². The van der Waals surface area contributed by atoms with Crippen molar-refractivity contribution < 1.29 is 28.1 Å². The van der Waals surface area contributed by atoms with Gasteiger partial charge in [-0.2, -0.15) is 0 Å². The number of hydrogen-bond donors (Lipinski definition) is 3. The molecule has 0 heterocycles. The summed E-state index contributed by atoms with van der Waals surface area (Å²) >= 11 is 5.75. The fourth-order valence-corrected chi connectivity index (χ4v) is 1.76. The number of halogens is 4. The lowest BCUT2D eigenvalue weighted by Crippen LogP contribution is -2.22. The average molecular weight is 300 g/mol. The molecule has 0 aliphatic rings. The molecule has 0 aliphatic heterocycles. The van der Waals surface area contributed by atoms with E-state index in [1.807, 2.05) is 0 Å². The molecule has 0 saturated heterocycles. The Bertz CT molecular complexity index is 428. The van der Waals surface area contributed by atoms with Gasteiger partial charge in [-0.25, -0.2) is 0 Å². The van der Waals surface area contributed by atoms with E-state index in [1.165, 1.54) is 0 Å². The molecule has 0 aromatic heterocycles. The molecule has 19 heavy (non-hydrogen) atoms. The molecule has 8 heteroatoms. The van der Waals surface area contributed by atoms with Crippen LogP contribution >= 0.6 is 11.6 Å². The van der Waals surface area contributed by atoms with Crippen LogP contribution < -0.4 is 10.5 Å². The average Bonchev–Trinajstić information content (AvgIpc) is 2.26. The SMILES string of the molecule is NCCC(O)C(O)c1ccc(OC(F)(F)F)cc1Cl. The molecule has 0 bridgehead atoms. The van der Waals surface area contributed by atoms with Gasteiger partial charge in [0, 0.05) is 5.56 Å². The maximum absolute atomic E-state index is 12.0. The van der Waals surface area contributed by atoms with Crippen LogP contribution in [0.4, 0.5) is 13.2 Å². The van der Waals surface area contributed by atoms with E-state index in [0.29, 0.717) is 0 Å². The molecule has 4 N–H and O–H groups in total. The Morgan fingerprint density at radius 3 is 2.42 bits per heavy atom. The molecule has 0 spiro atoms. The van der Waals surface area contributed by atoms with E-state index in [-0.39, 0.29) is 23.6 Å². The molecule has 0 fully saturated rings. The van der Waals surface area contributed by atoms with E-state index in [1.54, 1.807) is 0 Å². The van der Waals surface area contributed by atoms with Gasteiger partial charge < -0.3 is 20.7 Å². The van der Waals surface area contributed by atoms with Crippen molar-refractivity contribution in [3.63, 3.8) is 0 Å². The van der Waals surface area contributed by atoms with Gasteiger partial charge in [0.05, 0.1) is 11.1 Å². The van der Waals surface area contributed by atoms with E-state index in [0.717, 1.165) is 18.2 Å². The number of aliphatic hydroxyl groups excluding tert-OH is 2. The Hall–Kier alpha value is -1.02. The summed E-state index contributed by atoms with van der Waals surface area (Å²) in [4.78, 5) is 0. The van der Waals surface area contributed by atoms with Gasteiger partial charge >= 0.3 is 6.36 Å². The van der Waals surface area contributed by atoms with Crippen LogP contribution in [0.2, 0.25) is 5.02 Å². The van der Waals surface area contributed by atoms with E-state index in [9.17, 15) is 23.4 Å². The number of aliphatic hydroxyl groups is 2. The highest BCUT2D eigenvalue weighted by molar-refractivity contribution is 6.31. The van der Waals surface area contributed by atoms with Gasteiger partial charge in [0.2, 0.25) is 0 Å². The molecule has 0 saturated carbocycles. The van der Waals surface area contributed by atoms with Crippen molar-refractivity contribution in [2.75, 3.05) is 6.54 Å².